The van der Waals surface area contributed by atoms with E-state index in [1.54, 1.807) is 0 Å². The molecule has 1 unspecified atom stereocenters. The Bertz CT molecular complexity index is 625. The smallest absolute Gasteiger partial charge is 0.352 e. The van der Waals surface area contributed by atoms with E-state index in [1.165, 1.54) is 23.6 Å². The molecular formula is C15H19BrN2O5S. The van der Waals surface area contributed by atoms with Gasteiger partial charge in [-0.05, 0) is 25.7 Å². The highest BCUT2D eigenvalue weighted by atomic mass is 79.9. The molecule has 1 saturated carbocycles. The molecule has 2 heterocycles. The number of hydrogen-bond donors (Lipinski definition) is 1. The second kappa shape index (κ2) is 7.69. The maximum atomic E-state index is 12.4. The van der Waals surface area contributed by atoms with Crippen LogP contribution >= 0.6 is 28.7 Å². The van der Waals surface area contributed by atoms with Crippen LogP contribution in [0.1, 0.15) is 32.6 Å². The number of hydrogen-bond acceptors (Lipinski definition) is 6. The molecule has 2 fully saturated rings. The Morgan fingerprint density at radius 2 is 2.04 bits per heavy atom. The molecule has 3 aliphatic rings. The number of thioether (sulfide) groups is 1. The minimum atomic E-state index is -1.17. The van der Waals surface area contributed by atoms with E-state index < -0.39 is 18.0 Å². The van der Waals surface area contributed by atoms with Gasteiger partial charge in [0.25, 0.3) is 5.91 Å². The third kappa shape index (κ3) is 3.51. The minimum Gasteiger partial charge on any atom is -0.477 e. The number of aliphatic carboxylic acids is 1. The van der Waals surface area contributed by atoms with E-state index in [2.05, 4.69) is 4.99 Å². The number of halogens is 1. The number of nitrogens with zero attached hydrogens (tertiary/aromatic N) is 2. The fourth-order valence-corrected chi connectivity index (χ4v) is 4.37. The van der Waals surface area contributed by atoms with Crippen LogP contribution in [-0.2, 0) is 19.1 Å². The molecule has 3 rings (SSSR count). The molecule has 2 aliphatic heterocycles. The van der Waals surface area contributed by atoms with Gasteiger partial charge >= 0.3 is 11.9 Å². The zero-order valence-electron chi connectivity index (χ0n) is 13.2. The van der Waals surface area contributed by atoms with Crippen molar-refractivity contribution < 1.29 is 24.2 Å². The van der Waals surface area contributed by atoms with Crippen LogP contribution in [-0.4, -0.2) is 57.3 Å². The Labute approximate surface area is 154 Å². The summed E-state index contributed by atoms with van der Waals surface area (Å²) in [6.45, 7) is 1.17. The first kappa shape index (κ1) is 19.0. The van der Waals surface area contributed by atoms with Crippen LogP contribution in [0.25, 0.3) is 0 Å². The van der Waals surface area contributed by atoms with Gasteiger partial charge < -0.3 is 9.84 Å². The van der Waals surface area contributed by atoms with Crippen LogP contribution < -0.4 is 0 Å². The Balaban J connectivity index is 0.00000208. The van der Waals surface area contributed by atoms with Crippen molar-refractivity contribution >= 4 is 52.3 Å². The van der Waals surface area contributed by atoms with Gasteiger partial charge in [-0.2, -0.15) is 0 Å². The van der Waals surface area contributed by atoms with Crippen LogP contribution in [0.15, 0.2) is 16.3 Å². The van der Waals surface area contributed by atoms with Gasteiger partial charge in [0.2, 0.25) is 0 Å². The van der Waals surface area contributed by atoms with Gasteiger partial charge in [-0.25, -0.2) is 4.79 Å². The zero-order chi connectivity index (χ0) is 16.6. The van der Waals surface area contributed by atoms with Crippen molar-refractivity contribution in [2.24, 2.45) is 4.99 Å². The van der Waals surface area contributed by atoms with E-state index in [0.717, 1.165) is 31.4 Å². The Hall–Kier alpha value is -1.35. The summed E-state index contributed by atoms with van der Waals surface area (Å²) >= 11 is 1.47. The predicted molar refractivity (Wildman–Crippen MR) is 94.4 cm³/mol. The molecule has 0 aromatic heterocycles. The average molecular weight is 419 g/mol. The highest BCUT2D eigenvalue weighted by Gasteiger charge is 2.53. The quantitative estimate of drug-likeness (QED) is 0.551. The first-order valence-corrected chi connectivity index (χ1v) is 8.63. The summed E-state index contributed by atoms with van der Waals surface area (Å²) in [5, 5.41) is 9.19. The van der Waals surface area contributed by atoms with Crippen molar-refractivity contribution in [1.29, 1.82) is 0 Å². The van der Waals surface area contributed by atoms with Gasteiger partial charge in [0, 0.05) is 24.0 Å². The number of fused-ring (bicyclic) bond motifs is 1. The molecule has 0 aromatic carbocycles. The van der Waals surface area contributed by atoms with Gasteiger partial charge in [-0.3, -0.25) is 19.5 Å². The van der Waals surface area contributed by atoms with Crippen molar-refractivity contribution in [1.82, 2.24) is 4.90 Å². The van der Waals surface area contributed by atoms with Gasteiger partial charge in [-0.1, -0.05) is 0 Å². The largest absolute Gasteiger partial charge is 0.477 e. The average Bonchev–Trinajstić information content (AvgIpc) is 3.02. The van der Waals surface area contributed by atoms with E-state index in [4.69, 9.17) is 4.74 Å². The molecule has 1 amide bonds. The Morgan fingerprint density at radius 3 is 2.62 bits per heavy atom. The lowest BCUT2D eigenvalue weighted by Crippen LogP contribution is -2.64. The highest BCUT2D eigenvalue weighted by molar-refractivity contribution is 8.93. The standard InChI is InChI=1S/C15H18N2O5S.BrH/c1-8(18)22-6-9-7-23-14-11(16-10-4-2-3-5-10)13(19)17(14)12(9)15(20)21;/h11,14H,2-7H2,1H3,(H,20,21);1H/t11?,14-;/m1./s1. The number of carbonyl (C=O) groups excluding carboxylic acids is 2. The maximum absolute atomic E-state index is 12.4. The molecule has 0 spiro atoms. The summed E-state index contributed by atoms with van der Waals surface area (Å²) < 4.78 is 4.90. The molecule has 1 N–H and O–H groups in total. The number of ether oxygens (including phenoxy) is 1. The molecule has 0 aromatic rings. The second-order valence-corrected chi connectivity index (χ2v) is 6.90. The molecule has 1 aliphatic carbocycles. The van der Waals surface area contributed by atoms with E-state index in [-0.39, 0.29) is 40.6 Å². The van der Waals surface area contributed by atoms with Gasteiger partial charge in [0.1, 0.15) is 17.7 Å². The lowest BCUT2D eigenvalue weighted by Gasteiger charge is -2.47. The molecule has 0 radical (unpaired) electrons. The van der Waals surface area contributed by atoms with Gasteiger partial charge in [0.15, 0.2) is 6.04 Å². The molecule has 0 bridgehead atoms. The van der Waals surface area contributed by atoms with Crippen LogP contribution in [0.2, 0.25) is 0 Å². The number of amides is 1. The summed E-state index contributed by atoms with van der Waals surface area (Å²) in [6, 6.07) is -0.474. The van der Waals surface area contributed by atoms with Crippen LogP contribution in [0.4, 0.5) is 0 Å². The lowest BCUT2D eigenvalue weighted by atomic mass is 10.0. The molecule has 9 heteroatoms. The SMILES string of the molecule is Br.CC(=O)OCC1=C(C(=O)O)N2C(=O)C(N=C3CCCC3)[C@H]2SC1. The Morgan fingerprint density at radius 1 is 1.38 bits per heavy atom. The number of aliphatic imine (C=N–C) groups is 1. The normalized spacial score (nSPS) is 25.6. The highest BCUT2D eigenvalue weighted by Crippen LogP contribution is 2.42. The lowest BCUT2D eigenvalue weighted by molar-refractivity contribution is -0.148. The summed E-state index contributed by atoms with van der Waals surface area (Å²) in [4.78, 5) is 40.7. The summed E-state index contributed by atoms with van der Waals surface area (Å²) in [7, 11) is 0. The number of esters is 1. The van der Waals surface area contributed by atoms with Crippen molar-refractivity contribution in [3.63, 3.8) is 0 Å². The molecule has 1 saturated heterocycles. The summed E-state index contributed by atoms with van der Waals surface area (Å²) in [5.41, 5.74) is 1.47. The van der Waals surface area contributed by atoms with Crippen molar-refractivity contribution in [3.8, 4) is 0 Å². The fourth-order valence-electron chi connectivity index (χ4n) is 3.06. The maximum Gasteiger partial charge on any atom is 0.352 e. The van der Waals surface area contributed by atoms with Crippen molar-refractivity contribution in [3.05, 3.63) is 11.3 Å². The first-order chi connectivity index (χ1) is 11.0. The van der Waals surface area contributed by atoms with E-state index >= 15 is 0 Å². The predicted octanol–water partition coefficient (Wildman–Crippen LogP) is 1.76. The summed E-state index contributed by atoms with van der Waals surface area (Å²) in [5.74, 6) is -1.50. The third-order valence-electron chi connectivity index (χ3n) is 4.17. The van der Waals surface area contributed by atoms with E-state index in [9.17, 15) is 19.5 Å². The third-order valence-corrected chi connectivity index (χ3v) is 5.50. The van der Waals surface area contributed by atoms with Crippen molar-refractivity contribution in [2.45, 2.75) is 44.0 Å². The summed E-state index contributed by atoms with van der Waals surface area (Å²) in [6.07, 6.45) is 4.07. The second-order valence-electron chi connectivity index (χ2n) is 5.79. The van der Waals surface area contributed by atoms with Crippen LogP contribution in [0.3, 0.4) is 0 Å². The Kier molecular flexibility index (Phi) is 6.08. The molecule has 132 valence electrons. The molecule has 24 heavy (non-hydrogen) atoms. The number of β-lactam (4-membered cyclic amide) rings is 1. The molecular weight excluding hydrogens is 400 g/mol. The fraction of sp³-hybridized carbons (Fsp3) is 0.600. The number of rotatable bonds is 4. The van der Waals surface area contributed by atoms with E-state index in [0.29, 0.717) is 11.3 Å². The number of carbonyl (C=O) groups is 3. The monoisotopic (exact) mass is 418 g/mol. The van der Waals surface area contributed by atoms with Crippen LogP contribution in [0.5, 0.6) is 0 Å². The number of carboxylic acids is 1. The molecule has 7 nitrogen and oxygen atoms in total. The minimum absolute atomic E-state index is 0. The van der Waals surface area contributed by atoms with Crippen molar-refractivity contribution in [2.75, 3.05) is 12.4 Å². The first-order valence-electron chi connectivity index (χ1n) is 7.58. The van der Waals surface area contributed by atoms with Crippen LogP contribution in [0, 0.1) is 0 Å². The van der Waals surface area contributed by atoms with E-state index in [1.807, 2.05) is 0 Å². The number of carboxylic acid groups (broad SMARTS) is 1. The molecule has 2 atom stereocenters. The van der Waals surface area contributed by atoms with Gasteiger partial charge in [-0.15, -0.1) is 28.7 Å². The zero-order valence-corrected chi connectivity index (χ0v) is 15.7. The van der Waals surface area contributed by atoms with Gasteiger partial charge in [0.05, 0.1) is 0 Å². The topological polar surface area (TPSA) is 96.3 Å².